The number of pyridine rings is 1. The van der Waals surface area contributed by atoms with Crippen LogP contribution >= 0.6 is 0 Å². The number of hydrogen-bond acceptors (Lipinski definition) is 4. The molecule has 1 aromatic heterocycles. The average molecular weight is 249 g/mol. The van der Waals surface area contributed by atoms with Crippen molar-refractivity contribution in [2.24, 2.45) is 11.7 Å². The molecule has 0 spiro atoms. The molecule has 2 N–H and O–H groups in total. The molecule has 1 amide bonds. The lowest BCUT2D eigenvalue weighted by molar-refractivity contribution is 0.0660. The van der Waals surface area contributed by atoms with Crippen molar-refractivity contribution in [3.8, 4) is 5.75 Å². The Morgan fingerprint density at radius 1 is 1.61 bits per heavy atom. The Kier molecular flexibility index (Phi) is 3.81. The monoisotopic (exact) mass is 249 g/mol. The zero-order chi connectivity index (χ0) is 13.1. The molecule has 1 aliphatic rings. The first-order valence-electron chi connectivity index (χ1n) is 6.16. The number of amides is 1. The molecule has 5 nitrogen and oxygen atoms in total. The average Bonchev–Trinajstić information content (AvgIpc) is 2.41. The van der Waals surface area contributed by atoms with Gasteiger partial charge in [-0.1, -0.05) is 6.92 Å². The number of likely N-dealkylation sites (tertiary alicyclic amines) is 1. The van der Waals surface area contributed by atoms with Gasteiger partial charge in [0.15, 0.2) is 0 Å². The largest absolute Gasteiger partial charge is 0.494 e. The second-order valence-corrected chi connectivity index (χ2v) is 4.76. The quantitative estimate of drug-likeness (QED) is 0.845. The van der Waals surface area contributed by atoms with Gasteiger partial charge in [0, 0.05) is 25.3 Å². The van der Waals surface area contributed by atoms with Crippen molar-refractivity contribution in [1.29, 1.82) is 0 Å². The number of nitrogens with two attached hydrogens (primary N) is 1. The molecule has 0 aliphatic carbocycles. The smallest absolute Gasteiger partial charge is 0.257 e. The second kappa shape index (κ2) is 5.35. The maximum atomic E-state index is 12.4. The summed E-state index contributed by atoms with van der Waals surface area (Å²) in [5.41, 5.74) is 6.53. The highest BCUT2D eigenvalue weighted by atomic mass is 16.5. The minimum absolute atomic E-state index is 0.00648. The summed E-state index contributed by atoms with van der Waals surface area (Å²) in [7, 11) is 1.54. The molecule has 0 bridgehead atoms. The number of carbonyl (C=O) groups is 1. The molecule has 0 aromatic carbocycles. The van der Waals surface area contributed by atoms with Crippen LogP contribution in [0.25, 0.3) is 0 Å². The van der Waals surface area contributed by atoms with Gasteiger partial charge in [-0.3, -0.25) is 9.78 Å². The van der Waals surface area contributed by atoms with E-state index in [1.54, 1.807) is 25.6 Å². The summed E-state index contributed by atoms with van der Waals surface area (Å²) in [6.45, 7) is 3.48. The number of piperidine rings is 1. The third kappa shape index (κ3) is 2.46. The van der Waals surface area contributed by atoms with Gasteiger partial charge in [-0.15, -0.1) is 0 Å². The summed E-state index contributed by atoms with van der Waals surface area (Å²) in [6.07, 6.45) is 4.02. The van der Waals surface area contributed by atoms with E-state index in [1.165, 1.54) is 0 Å². The Balaban J connectivity index is 2.16. The maximum Gasteiger partial charge on any atom is 0.257 e. The lowest BCUT2D eigenvalue weighted by atomic mass is 9.94. The highest BCUT2D eigenvalue weighted by Gasteiger charge is 2.28. The first-order valence-corrected chi connectivity index (χ1v) is 6.16. The molecule has 1 aromatic rings. The minimum atomic E-state index is -0.00648. The van der Waals surface area contributed by atoms with Crippen LogP contribution in [0.15, 0.2) is 18.5 Å². The van der Waals surface area contributed by atoms with Gasteiger partial charge in [0.1, 0.15) is 5.75 Å². The number of hydrogen-bond donors (Lipinski definition) is 1. The lowest BCUT2D eigenvalue weighted by Crippen LogP contribution is -2.48. The van der Waals surface area contributed by atoms with E-state index in [4.69, 9.17) is 10.5 Å². The van der Waals surface area contributed by atoms with Crippen LogP contribution in [0.4, 0.5) is 0 Å². The van der Waals surface area contributed by atoms with E-state index in [-0.39, 0.29) is 11.9 Å². The zero-order valence-electron chi connectivity index (χ0n) is 10.8. The molecule has 1 fully saturated rings. The fourth-order valence-electron chi connectivity index (χ4n) is 2.24. The van der Waals surface area contributed by atoms with Crippen molar-refractivity contribution in [1.82, 2.24) is 9.88 Å². The van der Waals surface area contributed by atoms with Gasteiger partial charge in [-0.05, 0) is 18.4 Å². The van der Waals surface area contributed by atoms with Crippen LogP contribution in [0.1, 0.15) is 23.7 Å². The van der Waals surface area contributed by atoms with Crippen molar-refractivity contribution in [3.63, 3.8) is 0 Å². The number of aromatic nitrogens is 1. The summed E-state index contributed by atoms with van der Waals surface area (Å²) in [6, 6.07) is 1.88. The Morgan fingerprint density at radius 3 is 3.06 bits per heavy atom. The molecule has 1 saturated heterocycles. The first kappa shape index (κ1) is 12.8. The summed E-state index contributed by atoms with van der Waals surface area (Å²) >= 11 is 0. The van der Waals surface area contributed by atoms with E-state index in [1.807, 2.05) is 4.90 Å². The van der Waals surface area contributed by atoms with Gasteiger partial charge < -0.3 is 15.4 Å². The van der Waals surface area contributed by atoms with E-state index in [9.17, 15) is 4.79 Å². The van der Waals surface area contributed by atoms with E-state index >= 15 is 0 Å². The molecule has 0 radical (unpaired) electrons. The van der Waals surface area contributed by atoms with Crippen LogP contribution in [0.2, 0.25) is 0 Å². The zero-order valence-corrected chi connectivity index (χ0v) is 10.8. The number of ether oxygens (including phenoxy) is 1. The fraction of sp³-hybridized carbons (Fsp3) is 0.538. The fourth-order valence-corrected chi connectivity index (χ4v) is 2.24. The molecular formula is C13H19N3O2. The Morgan fingerprint density at radius 2 is 2.39 bits per heavy atom. The number of rotatable bonds is 2. The van der Waals surface area contributed by atoms with Crippen molar-refractivity contribution in [2.45, 2.75) is 19.4 Å². The highest BCUT2D eigenvalue weighted by Crippen LogP contribution is 2.22. The van der Waals surface area contributed by atoms with E-state index in [0.717, 1.165) is 6.42 Å². The molecule has 2 rings (SSSR count). The van der Waals surface area contributed by atoms with Crippen LogP contribution < -0.4 is 10.5 Å². The minimum Gasteiger partial charge on any atom is -0.494 e. The van der Waals surface area contributed by atoms with Crippen LogP contribution in [-0.2, 0) is 0 Å². The molecule has 2 atom stereocenters. The summed E-state index contributed by atoms with van der Waals surface area (Å²) in [5, 5.41) is 0. The maximum absolute atomic E-state index is 12.4. The normalized spacial score (nSPS) is 23.8. The molecule has 18 heavy (non-hydrogen) atoms. The molecule has 0 saturated carbocycles. The third-order valence-electron chi connectivity index (χ3n) is 3.49. The van der Waals surface area contributed by atoms with Crippen LogP contribution in [0.3, 0.4) is 0 Å². The number of carbonyl (C=O) groups excluding carboxylic acids is 1. The lowest BCUT2D eigenvalue weighted by Gasteiger charge is -2.35. The Labute approximate surface area is 107 Å². The van der Waals surface area contributed by atoms with Crippen molar-refractivity contribution < 1.29 is 9.53 Å². The Bertz CT molecular complexity index is 436. The summed E-state index contributed by atoms with van der Waals surface area (Å²) < 4.78 is 5.17. The van der Waals surface area contributed by atoms with Gasteiger partial charge in [-0.2, -0.15) is 0 Å². The van der Waals surface area contributed by atoms with Crippen molar-refractivity contribution in [3.05, 3.63) is 24.0 Å². The van der Waals surface area contributed by atoms with Gasteiger partial charge in [0.2, 0.25) is 0 Å². The summed E-state index contributed by atoms with van der Waals surface area (Å²) in [4.78, 5) is 18.2. The van der Waals surface area contributed by atoms with Gasteiger partial charge >= 0.3 is 0 Å². The summed E-state index contributed by atoms with van der Waals surface area (Å²) in [5.74, 6) is 0.841. The SMILES string of the molecule is COc1cnccc1C(=O)N1CCC(N)C(C)C1. The first-order chi connectivity index (χ1) is 8.63. The van der Waals surface area contributed by atoms with Crippen LogP contribution in [0, 0.1) is 5.92 Å². The third-order valence-corrected chi connectivity index (χ3v) is 3.49. The van der Waals surface area contributed by atoms with E-state index in [0.29, 0.717) is 30.3 Å². The molecule has 2 heterocycles. The molecule has 5 heteroatoms. The van der Waals surface area contributed by atoms with Crippen molar-refractivity contribution in [2.75, 3.05) is 20.2 Å². The predicted molar refractivity (Wildman–Crippen MR) is 68.4 cm³/mol. The molecule has 1 aliphatic heterocycles. The van der Waals surface area contributed by atoms with E-state index < -0.39 is 0 Å². The standard InChI is InChI=1S/C13H19N3O2/c1-9-8-16(6-4-11(9)14)13(17)10-3-5-15-7-12(10)18-2/h3,5,7,9,11H,4,6,8,14H2,1-2H3. The van der Waals surface area contributed by atoms with Gasteiger partial charge in [0.25, 0.3) is 5.91 Å². The molecule has 2 unspecified atom stereocenters. The van der Waals surface area contributed by atoms with Crippen LogP contribution in [-0.4, -0.2) is 42.0 Å². The topological polar surface area (TPSA) is 68.5 Å². The number of methoxy groups -OCH3 is 1. The second-order valence-electron chi connectivity index (χ2n) is 4.76. The van der Waals surface area contributed by atoms with Gasteiger partial charge in [-0.25, -0.2) is 0 Å². The Hall–Kier alpha value is -1.62. The van der Waals surface area contributed by atoms with Crippen molar-refractivity contribution >= 4 is 5.91 Å². The number of nitrogens with zero attached hydrogens (tertiary/aromatic N) is 2. The van der Waals surface area contributed by atoms with Crippen LogP contribution in [0.5, 0.6) is 5.75 Å². The van der Waals surface area contributed by atoms with Gasteiger partial charge in [0.05, 0.1) is 18.9 Å². The highest BCUT2D eigenvalue weighted by molar-refractivity contribution is 5.96. The molecular weight excluding hydrogens is 230 g/mol. The molecule has 98 valence electrons. The predicted octanol–water partition coefficient (Wildman–Crippen LogP) is 0.900. The van der Waals surface area contributed by atoms with E-state index in [2.05, 4.69) is 11.9 Å².